The number of furan rings is 1. The maximum atomic E-state index is 5.31. The van der Waals surface area contributed by atoms with E-state index < -0.39 is 0 Å². The quantitative estimate of drug-likeness (QED) is 0.711. The Labute approximate surface area is 135 Å². The van der Waals surface area contributed by atoms with E-state index in [9.17, 15) is 0 Å². The lowest BCUT2D eigenvalue weighted by Gasteiger charge is -2.12. The zero-order valence-electron chi connectivity index (χ0n) is 13.3. The first-order chi connectivity index (χ1) is 11.2. The molecule has 0 bridgehead atoms. The van der Waals surface area contributed by atoms with Crippen LogP contribution < -0.4 is 10.6 Å². The number of hydrogen-bond acceptors (Lipinski definition) is 5. The van der Waals surface area contributed by atoms with Crippen molar-refractivity contribution in [2.75, 3.05) is 10.6 Å². The van der Waals surface area contributed by atoms with Crippen LogP contribution in [0, 0.1) is 6.92 Å². The van der Waals surface area contributed by atoms with Gasteiger partial charge in [-0.3, -0.25) is 0 Å². The van der Waals surface area contributed by atoms with Crippen LogP contribution in [-0.2, 0) is 13.0 Å². The topological polar surface area (TPSA) is 63.0 Å². The lowest BCUT2D eigenvalue weighted by Crippen LogP contribution is -2.06. The molecule has 0 atom stereocenters. The molecule has 0 aliphatic heterocycles. The van der Waals surface area contributed by atoms with Crippen LogP contribution in [0.4, 0.5) is 17.5 Å². The van der Waals surface area contributed by atoms with E-state index in [1.165, 1.54) is 5.56 Å². The van der Waals surface area contributed by atoms with Crippen molar-refractivity contribution in [3.63, 3.8) is 0 Å². The molecule has 23 heavy (non-hydrogen) atoms. The molecule has 3 aromatic rings. The number of benzene rings is 1. The molecule has 0 radical (unpaired) electrons. The number of hydrogen-bond donors (Lipinski definition) is 2. The normalized spacial score (nSPS) is 10.5. The monoisotopic (exact) mass is 308 g/mol. The van der Waals surface area contributed by atoms with Crippen LogP contribution >= 0.6 is 0 Å². The van der Waals surface area contributed by atoms with Gasteiger partial charge in [0.2, 0.25) is 5.95 Å². The average Bonchev–Trinajstić information content (AvgIpc) is 3.06. The van der Waals surface area contributed by atoms with Gasteiger partial charge in [-0.25, -0.2) is 4.98 Å². The van der Waals surface area contributed by atoms with E-state index in [0.29, 0.717) is 12.5 Å². The van der Waals surface area contributed by atoms with Gasteiger partial charge >= 0.3 is 0 Å². The number of para-hydroxylation sites is 1. The Morgan fingerprint density at radius 2 is 1.96 bits per heavy atom. The molecule has 3 rings (SSSR count). The zero-order valence-corrected chi connectivity index (χ0v) is 13.3. The van der Waals surface area contributed by atoms with Crippen LogP contribution in [0.3, 0.4) is 0 Å². The maximum absolute atomic E-state index is 5.31. The zero-order chi connectivity index (χ0) is 16.1. The Balaban J connectivity index is 1.77. The van der Waals surface area contributed by atoms with Crippen LogP contribution in [0.15, 0.2) is 53.1 Å². The molecule has 5 nitrogen and oxygen atoms in total. The Hall–Kier alpha value is -2.82. The number of rotatable bonds is 6. The number of nitrogens with zero attached hydrogens (tertiary/aromatic N) is 2. The highest BCUT2D eigenvalue weighted by Gasteiger charge is 2.05. The van der Waals surface area contributed by atoms with Gasteiger partial charge in [0.1, 0.15) is 11.6 Å². The van der Waals surface area contributed by atoms with Crippen molar-refractivity contribution in [2.45, 2.75) is 26.8 Å². The van der Waals surface area contributed by atoms with E-state index in [1.54, 1.807) is 6.26 Å². The minimum atomic E-state index is 0.557. The number of nitrogens with one attached hydrogen (secondary N) is 2. The lowest BCUT2D eigenvalue weighted by molar-refractivity contribution is 0.517. The molecular weight excluding hydrogens is 288 g/mol. The fraction of sp³-hybridized carbons (Fsp3) is 0.222. The molecule has 0 spiro atoms. The third-order valence-electron chi connectivity index (χ3n) is 3.52. The van der Waals surface area contributed by atoms with Gasteiger partial charge in [-0.2, -0.15) is 4.98 Å². The molecule has 0 amide bonds. The third-order valence-corrected chi connectivity index (χ3v) is 3.52. The first-order valence-corrected chi connectivity index (χ1v) is 7.71. The Bertz CT molecular complexity index is 768. The van der Waals surface area contributed by atoms with E-state index >= 15 is 0 Å². The highest BCUT2D eigenvalue weighted by molar-refractivity contribution is 5.61. The second-order valence-electron chi connectivity index (χ2n) is 5.29. The average molecular weight is 308 g/mol. The van der Waals surface area contributed by atoms with Crippen molar-refractivity contribution in [1.82, 2.24) is 9.97 Å². The molecule has 2 N–H and O–H groups in total. The fourth-order valence-electron chi connectivity index (χ4n) is 2.38. The first kappa shape index (κ1) is 15.1. The molecule has 1 aromatic carbocycles. The SMILES string of the molecule is CCc1ccccc1Nc1cc(C)nc(NCc2ccco2)n1. The van der Waals surface area contributed by atoms with Gasteiger partial charge < -0.3 is 15.1 Å². The van der Waals surface area contributed by atoms with Crippen molar-refractivity contribution in [1.29, 1.82) is 0 Å². The summed E-state index contributed by atoms with van der Waals surface area (Å²) >= 11 is 0. The predicted octanol–water partition coefficient (Wildman–Crippen LogP) is 4.30. The molecule has 0 saturated carbocycles. The van der Waals surface area contributed by atoms with Gasteiger partial charge in [-0.05, 0) is 37.1 Å². The summed E-state index contributed by atoms with van der Waals surface area (Å²) in [5, 5.41) is 6.57. The highest BCUT2D eigenvalue weighted by Crippen LogP contribution is 2.21. The van der Waals surface area contributed by atoms with Crippen molar-refractivity contribution in [3.8, 4) is 0 Å². The van der Waals surface area contributed by atoms with E-state index in [2.05, 4.69) is 39.7 Å². The summed E-state index contributed by atoms with van der Waals surface area (Å²) in [4.78, 5) is 8.94. The molecule has 5 heteroatoms. The summed E-state index contributed by atoms with van der Waals surface area (Å²) in [6.07, 6.45) is 2.62. The molecule has 0 saturated heterocycles. The summed E-state index contributed by atoms with van der Waals surface area (Å²) < 4.78 is 5.31. The number of anilines is 3. The first-order valence-electron chi connectivity index (χ1n) is 7.71. The van der Waals surface area contributed by atoms with Crippen molar-refractivity contribution in [3.05, 3.63) is 65.7 Å². The summed E-state index contributed by atoms with van der Waals surface area (Å²) in [7, 11) is 0. The van der Waals surface area contributed by atoms with Crippen LogP contribution in [0.1, 0.15) is 23.9 Å². The van der Waals surface area contributed by atoms with Crippen molar-refractivity contribution in [2.24, 2.45) is 0 Å². The van der Waals surface area contributed by atoms with Gasteiger partial charge in [0, 0.05) is 17.4 Å². The summed E-state index contributed by atoms with van der Waals surface area (Å²) in [6.45, 7) is 4.65. The third kappa shape index (κ3) is 3.88. The standard InChI is InChI=1S/C18H20N4O/c1-3-14-7-4-5-9-16(14)21-17-11-13(2)20-18(22-17)19-12-15-8-6-10-23-15/h4-11H,3,12H2,1-2H3,(H2,19,20,21,22). The summed E-state index contributed by atoms with van der Waals surface area (Å²) in [5.41, 5.74) is 3.23. The largest absolute Gasteiger partial charge is 0.467 e. The molecule has 0 aliphatic carbocycles. The van der Waals surface area contributed by atoms with Gasteiger partial charge in [0.05, 0.1) is 12.8 Å². The Morgan fingerprint density at radius 3 is 2.74 bits per heavy atom. The van der Waals surface area contributed by atoms with Gasteiger partial charge in [0.15, 0.2) is 0 Å². The molecular formula is C18H20N4O. The summed E-state index contributed by atoms with van der Waals surface area (Å²) in [6, 6.07) is 14.0. The highest BCUT2D eigenvalue weighted by atomic mass is 16.3. The van der Waals surface area contributed by atoms with Crippen molar-refractivity contribution < 1.29 is 4.42 Å². The molecule has 2 aromatic heterocycles. The second kappa shape index (κ2) is 6.96. The number of aromatic nitrogens is 2. The molecule has 0 aliphatic rings. The van der Waals surface area contributed by atoms with Crippen LogP contribution in [0.25, 0.3) is 0 Å². The maximum Gasteiger partial charge on any atom is 0.225 e. The van der Waals surface area contributed by atoms with E-state index in [0.717, 1.165) is 29.4 Å². The van der Waals surface area contributed by atoms with Gasteiger partial charge in [-0.1, -0.05) is 25.1 Å². The minimum absolute atomic E-state index is 0.557. The molecule has 0 fully saturated rings. The van der Waals surface area contributed by atoms with E-state index in [1.807, 2.05) is 37.3 Å². The number of aryl methyl sites for hydroxylation is 2. The van der Waals surface area contributed by atoms with Crippen LogP contribution in [-0.4, -0.2) is 9.97 Å². The Kier molecular flexibility index (Phi) is 4.57. The smallest absolute Gasteiger partial charge is 0.225 e. The van der Waals surface area contributed by atoms with Crippen LogP contribution in [0.2, 0.25) is 0 Å². The predicted molar refractivity (Wildman–Crippen MR) is 91.9 cm³/mol. The summed E-state index contributed by atoms with van der Waals surface area (Å²) in [5.74, 6) is 2.21. The second-order valence-corrected chi connectivity index (χ2v) is 5.29. The van der Waals surface area contributed by atoms with Gasteiger partial charge in [0.25, 0.3) is 0 Å². The molecule has 118 valence electrons. The lowest BCUT2D eigenvalue weighted by atomic mass is 10.1. The fourth-order valence-corrected chi connectivity index (χ4v) is 2.38. The van der Waals surface area contributed by atoms with Gasteiger partial charge in [-0.15, -0.1) is 0 Å². The van der Waals surface area contributed by atoms with Crippen LogP contribution in [0.5, 0.6) is 0 Å². The van der Waals surface area contributed by atoms with E-state index in [4.69, 9.17) is 4.42 Å². The minimum Gasteiger partial charge on any atom is -0.467 e. The Morgan fingerprint density at radius 1 is 1.09 bits per heavy atom. The molecule has 2 heterocycles. The molecule has 0 unspecified atom stereocenters. The van der Waals surface area contributed by atoms with Crippen molar-refractivity contribution >= 4 is 17.5 Å². The van der Waals surface area contributed by atoms with E-state index in [-0.39, 0.29) is 0 Å².